The van der Waals surface area contributed by atoms with Crippen LogP contribution < -0.4 is 4.74 Å². The summed E-state index contributed by atoms with van der Waals surface area (Å²) in [5.74, 6) is 0.815. The molecule has 0 spiro atoms. The number of halogens is 1. The number of carbonyl (C=O) groups excluding carboxylic acids is 1. The van der Waals surface area contributed by atoms with E-state index in [2.05, 4.69) is 41.9 Å². The number of fused-ring (bicyclic) bond motifs is 1. The largest absolute Gasteiger partial charge is 0.484 e. The number of aryl methyl sites for hydroxylation is 2. The van der Waals surface area contributed by atoms with Crippen molar-refractivity contribution in [2.75, 3.05) is 0 Å². The first-order valence-electron chi connectivity index (χ1n) is 6.62. The minimum atomic E-state index is -0.189. The number of ketones is 1. The number of carbonyl (C=O) groups is 1. The molecule has 20 heavy (non-hydrogen) atoms. The van der Waals surface area contributed by atoms with Crippen molar-refractivity contribution < 1.29 is 9.53 Å². The van der Waals surface area contributed by atoms with Crippen molar-refractivity contribution in [1.82, 2.24) is 0 Å². The summed E-state index contributed by atoms with van der Waals surface area (Å²) in [6.45, 7) is 4.12. The van der Waals surface area contributed by atoms with E-state index in [4.69, 9.17) is 4.74 Å². The zero-order valence-electron chi connectivity index (χ0n) is 11.4. The fourth-order valence-corrected chi connectivity index (χ4v) is 3.13. The van der Waals surface area contributed by atoms with Gasteiger partial charge in [0.05, 0.1) is 12.0 Å². The summed E-state index contributed by atoms with van der Waals surface area (Å²) in [5, 5.41) is 0. The van der Waals surface area contributed by atoms with Crippen LogP contribution in [-0.2, 0) is 0 Å². The molecular formula is C17H15BrO2. The predicted octanol–water partition coefficient (Wildman–Crippen LogP) is 4.77. The van der Waals surface area contributed by atoms with Gasteiger partial charge in [-0.25, -0.2) is 0 Å². The molecule has 2 aromatic rings. The maximum Gasteiger partial charge on any atom is 0.170 e. The average Bonchev–Trinajstić information content (AvgIpc) is 2.38. The number of hydrogen-bond acceptors (Lipinski definition) is 2. The van der Waals surface area contributed by atoms with Gasteiger partial charge >= 0.3 is 0 Å². The number of Topliss-reactive ketones (excluding diaryl/α,β-unsaturated/α-hetero) is 1. The zero-order valence-corrected chi connectivity index (χ0v) is 13.0. The summed E-state index contributed by atoms with van der Waals surface area (Å²) in [4.78, 5) is 12.3. The van der Waals surface area contributed by atoms with E-state index in [-0.39, 0.29) is 11.9 Å². The molecule has 0 saturated carbocycles. The van der Waals surface area contributed by atoms with Crippen LogP contribution in [0.2, 0.25) is 0 Å². The first-order valence-corrected chi connectivity index (χ1v) is 7.41. The fraction of sp³-hybridized carbons (Fsp3) is 0.235. The Morgan fingerprint density at radius 3 is 2.55 bits per heavy atom. The van der Waals surface area contributed by atoms with Gasteiger partial charge in [0.1, 0.15) is 11.9 Å². The van der Waals surface area contributed by atoms with Crippen molar-refractivity contribution in [3.8, 4) is 5.75 Å². The quantitative estimate of drug-likeness (QED) is 0.752. The van der Waals surface area contributed by atoms with Crippen LogP contribution in [0.15, 0.2) is 40.9 Å². The van der Waals surface area contributed by atoms with Crippen LogP contribution in [0.4, 0.5) is 0 Å². The maximum absolute atomic E-state index is 12.3. The lowest BCUT2D eigenvalue weighted by Gasteiger charge is -2.27. The Hall–Kier alpha value is -1.61. The molecule has 0 N–H and O–H groups in total. The van der Waals surface area contributed by atoms with Crippen LogP contribution in [0.1, 0.15) is 39.6 Å². The predicted molar refractivity (Wildman–Crippen MR) is 82.4 cm³/mol. The highest BCUT2D eigenvalue weighted by Crippen LogP contribution is 2.38. The van der Waals surface area contributed by atoms with E-state index in [9.17, 15) is 4.79 Å². The third-order valence-corrected chi connectivity index (χ3v) is 4.24. The van der Waals surface area contributed by atoms with E-state index >= 15 is 0 Å². The molecular weight excluding hydrogens is 316 g/mol. The number of benzene rings is 2. The van der Waals surface area contributed by atoms with E-state index in [1.807, 2.05) is 24.3 Å². The lowest BCUT2D eigenvalue weighted by atomic mass is 9.91. The van der Waals surface area contributed by atoms with Crippen LogP contribution in [0.25, 0.3) is 0 Å². The van der Waals surface area contributed by atoms with Gasteiger partial charge < -0.3 is 4.74 Å². The van der Waals surface area contributed by atoms with Gasteiger partial charge in [-0.15, -0.1) is 0 Å². The van der Waals surface area contributed by atoms with Gasteiger partial charge in [0.15, 0.2) is 5.78 Å². The van der Waals surface area contributed by atoms with Crippen LogP contribution in [0.5, 0.6) is 5.75 Å². The smallest absolute Gasteiger partial charge is 0.170 e. The molecule has 3 rings (SSSR count). The molecule has 1 heterocycles. The summed E-state index contributed by atoms with van der Waals surface area (Å²) < 4.78 is 7.00. The second kappa shape index (κ2) is 5.06. The molecule has 0 bridgehead atoms. The Morgan fingerprint density at radius 2 is 1.85 bits per heavy atom. The minimum absolute atomic E-state index is 0.145. The third-order valence-electron chi connectivity index (χ3n) is 3.75. The van der Waals surface area contributed by atoms with E-state index < -0.39 is 0 Å². The molecule has 2 nitrogen and oxygen atoms in total. The summed E-state index contributed by atoms with van der Waals surface area (Å²) in [6.07, 6.45) is 0.214. The van der Waals surface area contributed by atoms with Crippen molar-refractivity contribution in [2.45, 2.75) is 26.4 Å². The molecule has 1 aliphatic heterocycles. The zero-order chi connectivity index (χ0) is 14.3. The highest BCUT2D eigenvalue weighted by Gasteiger charge is 2.29. The molecule has 0 aliphatic carbocycles. The molecule has 1 unspecified atom stereocenters. The Morgan fingerprint density at radius 1 is 1.15 bits per heavy atom. The molecule has 0 radical (unpaired) electrons. The average molecular weight is 331 g/mol. The Labute approximate surface area is 126 Å². The highest BCUT2D eigenvalue weighted by molar-refractivity contribution is 9.10. The van der Waals surface area contributed by atoms with Crippen LogP contribution in [0, 0.1) is 13.8 Å². The molecule has 0 aromatic heterocycles. The maximum atomic E-state index is 12.3. The Balaban J connectivity index is 2.05. The number of rotatable bonds is 1. The lowest BCUT2D eigenvalue weighted by molar-refractivity contribution is 0.0848. The Bertz CT molecular complexity index is 671. The van der Waals surface area contributed by atoms with Gasteiger partial charge in [-0.1, -0.05) is 34.1 Å². The monoisotopic (exact) mass is 330 g/mol. The lowest BCUT2D eigenvalue weighted by Crippen LogP contribution is -2.21. The highest BCUT2D eigenvalue weighted by atomic mass is 79.9. The Kier molecular flexibility index (Phi) is 3.38. The molecule has 0 saturated heterocycles. The standard InChI is InChI=1S/C17H15BrO2/c1-10-4-3-5-11(2)17(10)16-9-14(19)13-7-6-12(18)8-15(13)20-16/h3-8,16H,9H2,1-2H3. The van der Waals surface area contributed by atoms with Crippen molar-refractivity contribution in [2.24, 2.45) is 0 Å². The SMILES string of the molecule is Cc1cccc(C)c1C1CC(=O)c2ccc(Br)cc2O1. The minimum Gasteiger partial charge on any atom is -0.484 e. The van der Waals surface area contributed by atoms with Crippen LogP contribution in [0.3, 0.4) is 0 Å². The third kappa shape index (κ3) is 2.27. The summed E-state index contributed by atoms with van der Waals surface area (Å²) in [7, 11) is 0. The van der Waals surface area contributed by atoms with E-state index in [0.717, 1.165) is 10.0 Å². The summed E-state index contributed by atoms with van der Waals surface area (Å²) in [6, 6.07) is 11.7. The van der Waals surface area contributed by atoms with Crippen LogP contribution >= 0.6 is 15.9 Å². The van der Waals surface area contributed by atoms with Gasteiger partial charge in [-0.3, -0.25) is 4.79 Å². The van der Waals surface area contributed by atoms with E-state index in [1.165, 1.54) is 11.1 Å². The second-order valence-corrected chi connectivity index (χ2v) is 6.10. The number of ether oxygens (including phenoxy) is 1. The van der Waals surface area contributed by atoms with Gasteiger partial charge in [0.2, 0.25) is 0 Å². The second-order valence-electron chi connectivity index (χ2n) is 5.18. The van der Waals surface area contributed by atoms with E-state index in [0.29, 0.717) is 17.7 Å². The number of hydrogen-bond donors (Lipinski definition) is 0. The molecule has 0 amide bonds. The first-order chi connectivity index (χ1) is 9.56. The molecule has 102 valence electrons. The fourth-order valence-electron chi connectivity index (χ4n) is 2.79. The molecule has 1 atom stereocenters. The van der Waals surface area contributed by atoms with Crippen molar-refractivity contribution in [3.63, 3.8) is 0 Å². The molecule has 1 aliphatic rings. The molecule has 2 aromatic carbocycles. The van der Waals surface area contributed by atoms with Gasteiger partial charge in [0, 0.05) is 4.47 Å². The summed E-state index contributed by atoms with van der Waals surface area (Å²) in [5.41, 5.74) is 4.14. The summed E-state index contributed by atoms with van der Waals surface area (Å²) >= 11 is 3.42. The van der Waals surface area contributed by atoms with Gasteiger partial charge in [-0.2, -0.15) is 0 Å². The normalized spacial score (nSPS) is 17.6. The topological polar surface area (TPSA) is 26.3 Å². The van der Waals surface area contributed by atoms with Gasteiger partial charge in [0.25, 0.3) is 0 Å². The van der Waals surface area contributed by atoms with Gasteiger partial charge in [-0.05, 0) is 48.7 Å². The molecule has 3 heteroatoms. The van der Waals surface area contributed by atoms with Crippen molar-refractivity contribution >= 4 is 21.7 Å². The van der Waals surface area contributed by atoms with Crippen molar-refractivity contribution in [3.05, 3.63) is 63.1 Å². The van der Waals surface area contributed by atoms with Crippen molar-refractivity contribution in [1.29, 1.82) is 0 Å². The first kappa shape index (κ1) is 13.4. The van der Waals surface area contributed by atoms with Crippen LogP contribution in [-0.4, -0.2) is 5.78 Å². The van der Waals surface area contributed by atoms with E-state index in [1.54, 1.807) is 0 Å². The molecule has 0 fully saturated rings.